The number of sulfonamides is 1. The highest BCUT2D eigenvalue weighted by Crippen LogP contribution is 2.09. The summed E-state index contributed by atoms with van der Waals surface area (Å²) in [4.78, 5) is 4.22. The molecule has 1 aromatic carbocycles. The minimum Gasteiger partial charge on any atom is -0.370 e. The first-order valence-corrected chi connectivity index (χ1v) is 9.09. The summed E-state index contributed by atoms with van der Waals surface area (Å²) in [5, 5.41) is 2.95. The zero-order valence-electron chi connectivity index (χ0n) is 14.4. The minimum absolute atomic E-state index is 0. The Morgan fingerprint density at radius 3 is 2.29 bits per heavy atom. The summed E-state index contributed by atoms with van der Waals surface area (Å²) in [6, 6.07) is 7.19. The summed E-state index contributed by atoms with van der Waals surface area (Å²) in [6.07, 6.45) is 0. The Bertz CT molecular complexity index is 655. The molecular formula is C16H27IN4O2S. The fourth-order valence-electron chi connectivity index (χ4n) is 1.83. The van der Waals surface area contributed by atoms with Gasteiger partial charge in [0.2, 0.25) is 10.0 Å². The van der Waals surface area contributed by atoms with Gasteiger partial charge in [-0.1, -0.05) is 36.4 Å². The van der Waals surface area contributed by atoms with E-state index in [1.807, 2.05) is 19.1 Å². The van der Waals surface area contributed by atoms with Crippen LogP contribution in [0, 0.1) is 0 Å². The maximum Gasteiger partial charge on any atom is 0.216 e. The molecule has 0 saturated heterocycles. The highest BCUT2D eigenvalue weighted by Gasteiger charge is 2.12. The van der Waals surface area contributed by atoms with Crippen molar-refractivity contribution in [3.05, 3.63) is 47.5 Å². The van der Waals surface area contributed by atoms with E-state index in [1.165, 1.54) is 0 Å². The predicted octanol–water partition coefficient (Wildman–Crippen LogP) is 2.11. The van der Waals surface area contributed by atoms with Crippen molar-refractivity contribution < 1.29 is 8.42 Å². The molecule has 1 rings (SSSR count). The first-order valence-electron chi connectivity index (χ1n) is 7.44. The van der Waals surface area contributed by atoms with Crippen LogP contribution in [0.4, 0.5) is 0 Å². The zero-order chi connectivity index (χ0) is 17.5. The molecule has 0 spiro atoms. The molecule has 136 valence electrons. The summed E-state index contributed by atoms with van der Waals surface area (Å²) in [6.45, 7) is 10.3. The van der Waals surface area contributed by atoms with Gasteiger partial charge in [-0.2, -0.15) is 0 Å². The van der Waals surface area contributed by atoms with Crippen LogP contribution in [0.3, 0.4) is 0 Å². The number of benzene rings is 1. The molecule has 4 N–H and O–H groups in total. The molecule has 0 radical (unpaired) electrons. The van der Waals surface area contributed by atoms with Crippen LogP contribution in [0.5, 0.6) is 0 Å². The third-order valence-corrected chi connectivity index (χ3v) is 4.34. The summed E-state index contributed by atoms with van der Waals surface area (Å²) in [5.74, 6) is 0.331. The van der Waals surface area contributed by atoms with E-state index in [0.29, 0.717) is 19.0 Å². The lowest BCUT2D eigenvalue weighted by Crippen LogP contribution is -2.32. The number of nitrogens with two attached hydrogens (primary N) is 1. The van der Waals surface area contributed by atoms with E-state index in [9.17, 15) is 8.42 Å². The van der Waals surface area contributed by atoms with Gasteiger partial charge in [-0.05, 0) is 31.9 Å². The van der Waals surface area contributed by atoms with Gasteiger partial charge in [-0.15, -0.1) is 24.0 Å². The maximum absolute atomic E-state index is 11.9. The lowest BCUT2D eigenvalue weighted by Gasteiger charge is -2.09. The van der Waals surface area contributed by atoms with E-state index >= 15 is 0 Å². The Morgan fingerprint density at radius 1 is 1.25 bits per heavy atom. The SMILES string of the molecule is C=C(C)CNC(N)=NCc1ccc(CS(=O)(=O)NC(C)C)cc1.I. The van der Waals surface area contributed by atoms with Gasteiger partial charge in [0.05, 0.1) is 12.3 Å². The lowest BCUT2D eigenvalue weighted by atomic mass is 10.1. The number of hydrogen-bond acceptors (Lipinski definition) is 3. The predicted molar refractivity (Wildman–Crippen MR) is 111 cm³/mol. The van der Waals surface area contributed by atoms with Gasteiger partial charge < -0.3 is 11.1 Å². The van der Waals surface area contributed by atoms with E-state index in [1.54, 1.807) is 26.0 Å². The van der Waals surface area contributed by atoms with Gasteiger partial charge >= 0.3 is 0 Å². The van der Waals surface area contributed by atoms with Crippen molar-refractivity contribution in [1.82, 2.24) is 10.0 Å². The van der Waals surface area contributed by atoms with Crippen molar-refractivity contribution in [3.8, 4) is 0 Å². The third kappa shape index (κ3) is 9.89. The fourth-order valence-corrected chi connectivity index (χ4v) is 3.27. The Balaban J connectivity index is 0.00000529. The van der Waals surface area contributed by atoms with Gasteiger partial charge in [-0.25, -0.2) is 18.1 Å². The van der Waals surface area contributed by atoms with Crippen molar-refractivity contribution in [2.45, 2.75) is 39.1 Å². The Kier molecular flexibility index (Phi) is 10.2. The van der Waals surface area contributed by atoms with Gasteiger partial charge in [-0.3, -0.25) is 0 Å². The van der Waals surface area contributed by atoms with E-state index < -0.39 is 10.0 Å². The van der Waals surface area contributed by atoms with E-state index in [2.05, 4.69) is 21.6 Å². The highest BCUT2D eigenvalue weighted by molar-refractivity contribution is 14.0. The van der Waals surface area contributed by atoms with Crippen molar-refractivity contribution in [2.24, 2.45) is 10.7 Å². The Labute approximate surface area is 162 Å². The van der Waals surface area contributed by atoms with Crippen LogP contribution in [0.1, 0.15) is 31.9 Å². The smallest absolute Gasteiger partial charge is 0.216 e. The van der Waals surface area contributed by atoms with Crippen LogP contribution in [0.2, 0.25) is 0 Å². The maximum atomic E-state index is 11.9. The number of hydrogen-bond donors (Lipinski definition) is 3. The molecule has 0 aromatic heterocycles. The van der Waals surface area contributed by atoms with Gasteiger partial charge in [0.1, 0.15) is 0 Å². The fraction of sp³-hybridized carbons (Fsp3) is 0.438. The van der Waals surface area contributed by atoms with Crippen LogP contribution < -0.4 is 15.8 Å². The molecule has 0 unspecified atom stereocenters. The molecule has 0 bridgehead atoms. The Hall–Kier alpha value is -1.13. The summed E-state index contributed by atoms with van der Waals surface area (Å²) in [7, 11) is -3.30. The molecule has 0 saturated carbocycles. The Morgan fingerprint density at radius 2 is 1.79 bits per heavy atom. The van der Waals surface area contributed by atoms with E-state index in [0.717, 1.165) is 16.7 Å². The molecule has 0 aliphatic carbocycles. The lowest BCUT2D eigenvalue weighted by molar-refractivity contribution is 0.569. The molecule has 1 aromatic rings. The van der Waals surface area contributed by atoms with Crippen molar-refractivity contribution in [3.63, 3.8) is 0 Å². The van der Waals surface area contributed by atoms with Gasteiger partial charge in [0.25, 0.3) is 0 Å². The molecule has 6 nitrogen and oxygen atoms in total. The quantitative estimate of drug-likeness (QED) is 0.237. The van der Waals surface area contributed by atoms with Crippen LogP contribution in [0.15, 0.2) is 41.4 Å². The first kappa shape index (κ1) is 22.9. The molecule has 24 heavy (non-hydrogen) atoms. The number of nitrogens with zero attached hydrogens (tertiary/aromatic N) is 1. The molecule has 0 aliphatic rings. The van der Waals surface area contributed by atoms with Crippen LogP contribution >= 0.6 is 24.0 Å². The number of nitrogens with one attached hydrogen (secondary N) is 2. The molecule has 0 fully saturated rings. The second kappa shape index (κ2) is 10.7. The molecule has 8 heteroatoms. The largest absolute Gasteiger partial charge is 0.370 e. The number of halogens is 1. The highest BCUT2D eigenvalue weighted by atomic mass is 127. The molecule has 0 aliphatic heterocycles. The monoisotopic (exact) mass is 466 g/mol. The normalized spacial score (nSPS) is 11.9. The van der Waals surface area contributed by atoms with Crippen molar-refractivity contribution in [2.75, 3.05) is 6.54 Å². The van der Waals surface area contributed by atoms with Crippen molar-refractivity contribution in [1.29, 1.82) is 0 Å². The van der Waals surface area contributed by atoms with E-state index in [-0.39, 0.29) is 35.8 Å². The summed E-state index contributed by atoms with van der Waals surface area (Å²) in [5.41, 5.74) is 8.41. The third-order valence-electron chi connectivity index (χ3n) is 2.80. The van der Waals surface area contributed by atoms with Crippen molar-refractivity contribution >= 4 is 40.0 Å². The van der Waals surface area contributed by atoms with E-state index in [4.69, 9.17) is 5.73 Å². The second-order valence-electron chi connectivity index (χ2n) is 5.86. The first-order chi connectivity index (χ1) is 10.7. The number of guanidine groups is 1. The summed E-state index contributed by atoms with van der Waals surface area (Å²) >= 11 is 0. The summed E-state index contributed by atoms with van der Waals surface area (Å²) < 4.78 is 26.3. The topological polar surface area (TPSA) is 96.6 Å². The standard InChI is InChI=1S/C16H26N4O2S.HI/c1-12(2)9-18-16(17)19-10-14-5-7-15(8-6-14)11-23(21,22)20-13(3)4;/h5-8,13,20H,1,9-11H2,2-4H3,(H3,17,18,19);1H. The zero-order valence-corrected chi connectivity index (χ0v) is 17.5. The van der Waals surface area contributed by atoms with Gasteiger partial charge in [0, 0.05) is 12.6 Å². The van der Waals surface area contributed by atoms with Crippen LogP contribution in [-0.4, -0.2) is 27.0 Å². The molecular weight excluding hydrogens is 439 g/mol. The molecule has 0 atom stereocenters. The average Bonchev–Trinajstić information content (AvgIpc) is 2.42. The van der Waals surface area contributed by atoms with Crippen LogP contribution in [0.25, 0.3) is 0 Å². The van der Waals surface area contributed by atoms with Gasteiger partial charge in [0.15, 0.2) is 5.96 Å². The number of aliphatic imine (C=N–C) groups is 1. The molecule has 0 amide bonds. The minimum atomic E-state index is -3.30. The second-order valence-corrected chi connectivity index (χ2v) is 7.61. The van der Waals surface area contributed by atoms with Crippen LogP contribution in [-0.2, 0) is 22.3 Å². The number of rotatable bonds is 8. The molecule has 0 heterocycles. The average molecular weight is 466 g/mol.